The van der Waals surface area contributed by atoms with Crippen LogP contribution < -0.4 is 14.2 Å². The molecular formula is C31H29N2O7S3+. The van der Waals surface area contributed by atoms with Crippen molar-refractivity contribution in [3.05, 3.63) is 95.8 Å². The minimum absolute atomic E-state index is 0.111. The summed E-state index contributed by atoms with van der Waals surface area (Å²) in [5.41, 5.74) is 3.88. The van der Waals surface area contributed by atoms with Gasteiger partial charge in [-0.15, -0.1) is 0 Å². The van der Waals surface area contributed by atoms with Crippen LogP contribution in [0.25, 0.3) is 38.2 Å². The van der Waals surface area contributed by atoms with E-state index in [2.05, 4.69) is 28.8 Å². The van der Waals surface area contributed by atoms with Gasteiger partial charge in [0.15, 0.2) is 12.3 Å². The van der Waals surface area contributed by atoms with Gasteiger partial charge in [-0.25, -0.2) is 0 Å². The maximum Gasteiger partial charge on any atom is 0.301 e. The molecule has 2 heterocycles. The summed E-state index contributed by atoms with van der Waals surface area (Å²) in [4.78, 5) is 1.94. The van der Waals surface area contributed by atoms with E-state index < -0.39 is 21.5 Å². The number of hydrogen-bond acceptors (Lipinski definition) is 7. The molecule has 0 saturated heterocycles. The normalized spacial score (nSPS) is 14.8. The average molecular weight is 638 g/mol. The molecule has 4 aromatic carbocycles. The molecule has 1 aliphatic heterocycles. The summed E-state index contributed by atoms with van der Waals surface area (Å²) >= 11 is -0.739. The molecule has 0 saturated carbocycles. The van der Waals surface area contributed by atoms with Crippen molar-refractivity contribution in [2.45, 2.75) is 19.4 Å². The molecule has 2 N–H and O–H groups in total. The summed E-state index contributed by atoms with van der Waals surface area (Å²) in [5.74, 6) is 0.814. The molecule has 1 aliphatic rings. The van der Waals surface area contributed by atoms with Gasteiger partial charge in [0.1, 0.15) is 4.70 Å². The van der Waals surface area contributed by atoms with Crippen molar-refractivity contribution in [3.63, 3.8) is 0 Å². The highest BCUT2D eigenvalue weighted by molar-refractivity contribution is 7.85. The van der Waals surface area contributed by atoms with Gasteiger partial charge in [-0.1, -0.05) is 72.0 Å². The molecule has 12 heteroatoms. The fourth-order valence-corrected chi connectivity index (χ4v) is 7.20. The Bertz CT molecular complexity index is 1960. The SMILES string of the molecule is O=S(O)OCCC[n+]1c(C=C2Oc3ccc(-c4ccccc4)cc3N2CCCS(=O)(=O)O)sc2ccc3ccccc3c21. The molecule has 0 aliphatic carbocycles. The van der Waals surface area contributed by atoms with E-state index in [-0.39, 0.29) is 18.8 Å². The van der Waals surface area contributed by atoms with Gasteiger partial charge in [0.2, 0.25) is 11.4 Å². The molecule has 9 nitrogen and oxygen atoms in total. The van der Waals surface area contributed by atoms with Crippen molar-refractivity contribution in [3.8, 4) is 16.9 Å². The highest BCUT2D eigenvalue weighted by atomic mass is 32.2. The Morgan fingerprint density at radius 1 is 0.977 bits per heavy atom. The van der Waals surface area contributed by atoms with Crippen LogP contribution in [0.2, 0.25) is 0 Å². The number of hydrogen-bond donors (Lipinski definition) is 2. The Labute approximate surface area is 255 Å². The predicted molar refractivity (Wildman–Crippen MR) is 170 cm³/mol. The third-order valence-corrected chi connectivity index (χ3v) is 9.46. The smallest absolute Gasteiger partial charge is 0.301 e. The Morgan fingerprint density at radius 3 is 2.56 bits per heavy atom. The lowest BCUT2D eigenvalue weighted by Crippen LogP contribution is -2.36. The van der Waals surface area contributed by atoms with Gasteiger partial charge in [0.05, 0.1) is 29.5 Å². The van der Waals surface area contributed by atoms with Crippen LogP contribution in [-0.4, -0.2) is 40.6 Å². The van der Waals surface area contributed by atoms with Crippen molar-refractivity contribution < 1.29 is 35.2 Å². The summed E-state index contributed by atoms with van der Waals surface area (Å²) in [6, 6.07) is 28.2. The average Bonchev–Trinajstić information content (AvgIpc) is 3.52. The van der Waals surface area contributed by atoms with Gasteiger partial charge in [0.25, 0.3) is 15.1 Å². The van der Waals surface area contributed by atoms with E-state index in [9.17, 15) is 17.2 Å². The minimum Gasteiger partial charge on any atom is -0.438 e. The molecule has 0 amide bonds. The second kappa shape index (κ2) is 12.5. The topological polar surface area (TPSA) is 117 Å². The molecule has 1 aromatic heterocycles. The minimum atomic E-state index is -4.12. The van der Waals surface area contributed by atoms with Crippen molar-refractivity contribution in [2.24, 2.45) is 0 Å². The number of fused-ring (bicyclic) bond motifs is 4. The highest BCUT2D eigenvalue weighted by Crippen LogP contribution is 2.42. The Morgan fingerprint density at radius 2 is 1.77 bits per heavy atom. The molecule has 43 heavy (non-hydrogen) atoms. The standard InChI is InChI=1S/C31H28N2O7S3/c34-42(35)39-18-6-16-33-30(41-28-15-13-23-10-4-5-11-25(23)31(28)33)21-29-32(17-7-19-43(36,37)38)26-20-24(12-14-27(26)40-29)22-8-2-1-3-9-22/h1-5,8-15,20-21H,6-7,16-19H2,(H-,34,35,36,37,38)/p+1. The molecule has 5 aromatic rings. The first-order chi connectivity index (χ1) is 20.8. The van der Waals surface area contributed by atoms with Gasteiger partial charge < -0.3 is 9.64 Å². The first-order valence-corrected chi connectivity index (χ1v) is 17.1. The van der Waals surface area contributed by atoms with Crippen molar-refractivity contribution in [2.75, 3.05) is 23.8 Å². The quantitative estimate of drug-likeness (QED) is 0.0781. The van der Waals surface area contributed by atoms with Crippen LogP contribution in [0.5, 0.6) is 5.75 Å². The van der Waals surface area contributed by atoms with Crippen molar-refractivity contribution >= 4 is 65.6 Å². The van der Waals surface area contributed by atoms with Crippen molar-refractivity contribution in [1.29, 1.82) is 0 Å². The van der Waals surface area contributed by atoms with E-state index in [0.717, 1.165) is 42.8 Å². The number of aromatic nitrogens is 1. The first kappa shape index (κ1) is 29.4. The first-order valence-electron chi connectivity index (χ1n) is 13.7. The summed E-state index contributed by atoms with van der Waals surface area (Å²) < 4.78 is 67.0. The van der Waals surface area contributed by atoms with E-state index >= 15 is 0 Å². The zero-order chi connectivity index (χ0) is 30.0. The molecule has 0 spiro atoms. The Hall–Kier alpha value is -3.65. The molecule has 222 valence electrons. The maximum absolute atomic E-state index is 11.5. The van der Waals surface area contributed by atoms with E-state index in [4.69, 9.17) is 13.5 Å². The van der Waals surface area contributed by atoms with Crippen LogP contribution in [0.3, 0.4) is 0 Å². The molecule has 6 rings (SSSR count). The summed E-state index contributed by atoms with van der Waals surface area (Å²) in [5, 5.41) is 3.07. The molecule has 1 atom stereocenters. The number of anilines is 1. The monoisotopic (exact) mass is 637 g/mol. The van der Waals surface area contributed by atoms with Gasteiger partial charge in [0, 0.05) is 13.0 Å². The zero-order valence-electron chi connectivity index (χ0n) is 23.0. The van der Waals surface area contributed by atoms with Crippen LogP contribution in [0.1, 0.15) is 17.8 Å². The molecular weight excluding hydrogens is 609 g/mol. The predicted octanol–water partition coefficient (Wildman–Crippen LogP) is 6.03. The maximum atomic E-state index is 11.5. The second-order valence-corrected chi connectivity index (χ2v) is 13.3. The summed E-state index contributed by atoms with van der Waals surface area (Å²) in [7, 11) is -4.12. The zero-order valence-corrected chi connectivity index (χ0v) is 25.4. The van der Waals surface area contributed by atoms with Crippen LogP contribution in [0.4, 0.5) is 5.69 Å². The van der Waals surface area contributed by atoms with E-state index in [1.165, 1.54) is 0 Å². The van der Waals surface area contributed by atoms with Crippen LogP contribution >= 0.6 is 11.3 Å². The Kier molecular flexibility index (Phi) is 8.57. The lowest BCUT2D eigenvalue weighted by molar-refractivity contribution is -0.668. The molecule has 0 bridgehead atoms. The lowest BCUT2D eigenvalue weighted by atomic mass is 10.0. The number of ether oxygens (including phenoxy) is 1. The van der Waals surface area contributed by atoms with Gasteiger partial charge in [-0.3, -0.25) is 13.3 Å². The molecule has 0 radical (unpaired) electrons. The van der Waals surface area contributed by atoms with Gasteiger partial charge >= 0.3 is 11.4 Å². The van der Waals surface area contributed by atoms with Crippen molar-refractivity contribution in [1.82, 2.24) is 0 Å². The van der Waals surface area contributed by atoms with Crippen LogP contribution in [0.15, 0.2) is 90.8 Å². The third-order valence-electron chi connectivity index (χ3n) is 7.19. The van der Waals surface area contributed by atoms with Crippen LogP contribution in [-0.2, 0) is 32.2 Å². The summed E-state index contributed by atoms with van der Waals surface area (Å²) in [6.45, 7) is 0.944. The Balaban J connectivity index is 1.43. The largest absolute Gasteiger partial charge is 0.438 e. The summed E-state index contributed by atoms with van der Waals surface area (Å²) in [6.07, 6.45) is 2.64. The number of rotatable bonds is 11. The van der Waals surface area contributed by atoms with E-state index in [1.54, 1.807) is 11.3 Å². The van der Waals surface area contributed by atoms with Gasteiger partial charge in [-0.2, -0.15) is 17.2 Å². The third kappa shape index (κ3) is 6.64. The number of nitrogens with zero attached hydrogens (tertiary/aromatic N) is 2. The molecule has 1 unspecified atom stereocenters. The number of benzene rings is 4. The number of aryl methyl sites for hydroxylation is 1. The highest BCUT2D eigenvalue weighted by Gasteiger charge is 2.30. The number of thiazole rings is 1. The van der Waals surface area contributed by atoms with E-state index in [1.807, 2.05) is 71.6 Å². The molecule has 0 fully saturated rings. The van der Waals surface area contributed by atoms with E-state index in [0.29, 0.717) is 31.1 Å². The second-order valence-electron chi connectivity index (χ2n) is 10.0. The van der Waals surface area contributed by atoms with Gasteiger partial charge in [-0.05, 0) is 47.2 Å². The van der Waals surface area contributed by atoms with Crippen LogP contribution in [0, 0.1) is 0 Å². The fraction of sp³-hybridized carbons (Fsp3) is 0.194. The lowest BCUT2D eigenvalue weighted by Gasteiger charge is -2.18. The fourth-order valence-electron chi connectivity index (χ4n) is 5.32.